The highest BCUT2D eigenvalue weighted by Gasteiger charge is 2.73. The summed E-state index contributed by atoms with van der Waals surface area (Å²) in [6.07, 6.45) is 1.58. The molecule has 3 atom stereocenters. The van der Waals surface area contributed by atoms with Gasteiger partial charge >= 0.3 is 0 Å². The maximum Gasteiger partial charge on any atom is 0.249 e. The third kappa shape index (κ3) is 2.77. The van der Waals surface area contributed by atoms with Crippen molar-refractivity contribution >= 4 is 57.4 Å². The summed E-state index contributed by atoms with van der Waals surface area (Å²) < 4.78 is 0. The van der Waals surface area contributed by atoms with Gasteiger partial charge in [-0.3, -0.25) is 19.3 Å². The van der Waals surface area contributed by atoms with Gasteiger partial charge in [-0.25, -0.2) is 4.98 Å². The summed E-state index contributed by atoms with van der Waals surface area (Å²) in [5.41, 5.74) is 2.92. The van der Waals surface area contributed by atoms with Gasteiger partial charge in [-0.15, -0.1) is 34.5 Å². The number of imide groups is 1. The summed E-state index contributed by atoms with van der Waals surface area (Å²) in [4.78, 5) is 44.3. The van der Waals surface area contributed by atoms with E-state index in [1.54, 1.807) is 25.4 Å². The first-order valence-electron chi connectivity index (χ1n) is 11.4. The molecule has 0 unspecified atom stereocenters. The van der Waals surface area contributed by atoms with E-state index in [1.165, 1.54) is 11.3 Å². The third-order valence-electron chi connectivity index (χ3n) is 7.46. The number of anilines is 1. The molecule has 3 amide bonds. The van der Waals surface area contributed by atoms with Crippen LogP contribution in [0.5, 0.6) is 0 Å². The van der Waals surface area contributed by atoms with Crippen molar-refractivity contribution < 1.29 is 14.4 Å². The number of nitrogens with zero attached hydrogens (tertiary/aromatic N) is 2. The van der Waals surface area contributed by atoms with Gasteiger partial charge < -0.3 is 5.32 Å². The Morgan fingerprint density at radius 2 is 1.40 bits per heavy atom. The number of thiazole rings is 1. The lowest BCUT2D eigenvalue weighted by Crippen LogP contribution is -2.57. The van der Waals surface area contributed by atoms with Crippen LogP contribution in [-0.4, -0.2) is 33.6 Å². The molecule has 0 radical (unpaired) electrons. The maximum atomic E-state index is 14.1. The van der Waals surface area contributed by atoms with Crippen molar-refractivity contribution in [2.45, 2.75) is 29.6 Å². The first kappa shape index (κ1) is 22.7. The highest BCUT2D eigenvalue weighted by molar-refractivity contribution is 7.13. The molecule has 1 saturated heterocycles. The minimum absolute atomic E-state index is 0.344. The molecule has 9 heteroatoms. The predicted molar refractivity (Wildman–Crippen MR) is 134 cm³/mol. The molecule has 1 fully saturated rings. The van der Waals surface area contributed by atoms with Gasteiger partial charge in [0.2, 0.25) is 17.7 Å². The lowest BCUT2D eigenvalue weighted by Gasteiger charge is -2.54. The van der Waals surface area contributed by atoms with E-state index in [2.05, 4.69) is 10.3 Å². The van der Waals surface area contributed by atoms with Gasteiger partial charge in [-0.1, -0.05) is 62.4 Å². The molecule has 1 aromatic heterocycles. The number of aromatic nitrogens is 1. The third-order valence-corrected chi connectivity index (χ3v) is 9.43. The molecule has 0 saturated carbocycles. The van der Waals surface area contributed by atoms with Crippen molar-refractivity contribution in [2.24, 2.45) is 17.8 Å². The highest BCUT2D eigenvalue weighted by atomic mass is 35.5. The van der Waals surface area contributed by atoms with E-state index in [4.69, 9.17) is 23.2 Å². The molecule has 35 heavy (non-hydrogen) atoms. The maximum absolute atomic E-state index is 14.1. The van der Waals surface area contributed by atoms with E-state index >= 15 is 0 Å². The van der Waals surface area contributed by atoms with Crippen LogP contribution in [0.1, 0.15) is 36.1 Å². The van der Waals surface area contributed by atoms with Crippen molar-refractivity contribution in [1.29, 1.82) is 0 Å². The lowest BCUT2D eigenvalue weighted by atomic mass is 9.54. The van der Waals surface area contributed by atoms with Crippen molar-refractivity contribution in [3.8, 4) is 0 Å². The van der Waals surface area contributed by atoms with Crippen LogP contribution < -0.4 is 5.32 Å². The molecule has 0 spiro atoms. The van der Waals surface area contributed by atoms with Crippen molar-refractivity contribution in [1.82, 2.24) is 9.88 Å². The van der Waals surface area contributed by atoms with E-state index in [0.29, 0.717) is 5.13 Å². The van der Waals surface area contributed by atoms with Gasteiger partial charge in [0.1, 0.15) is 15.8 Å². The molecule has 1 N–H and O–H groups in total. The van der Waals surface area contributed by atoms with Gasteiger partial charge in [0, 0.05) is 11.6 Å². The van der Waals surface area contributed by atoms with Crippen molar-refractivity contribution in [3.63, 3.8) is 0 Å². The van der Waals surface area contributed by atoms with E-state index in [9.17, 15) is 14.4 Å². The topological polar surface area (TPSA) is 79.4 Å². The molecule has 4 aliphatic rings. The molecular weight excluding hydrogens is 505 g/mol. The summed E-state index contributed by atoms with van der Waals surface area (Å²) in [7, 11) is 0. The van der Waals surface area contributed by atoms with E-state index in [1.807, 2.05) is 48.5 Å². The summed E-state index contributed by atoms with van der Waals surface area (Å²) in [5, 5.41) is 4.89. The first-order valence-corrected chi connectivity index (χ1v) is 13.0. The zero-order chi connectivity index (χ0) is 24.7. The number of alkyl halides is 2. The number of amides is 3. The molecule has 178 valence electrons. The van der Waals surface area contributed by atoms with Gasteiger partial charge in [-0.2, -0.15) is 0 Å². The number of hydrogen-bond donors (Lipinski definition) is 1. The molecular formula is C26H21Cl2N3O3S. The fraction of sp³-hybridized carbons (Fsp3) is 0.308. The van der Waals surface area contributed by atoms with E-state index in [-0.39, 0.29) is 5.92 Å². The van der Waals surface area contributed by atoms with Crippen LogP contribution >= 0.6 is 34.5 Å². The largest absolute Gasteiger partial charge is 0.300 e. The quantitative estimate of drug-likeness (QED) is 0.395. The average Bonchev–Trinajstić information content (AvgIpc) is 3.44. The number of carbonyl (C=O) groups excluding carboxylic acids is 3. The average molecular weight is 526 g/mol. The van der Waals surface area contributed by atoms with Crippen LogP contribution in [0.25, 0.3) is 0 Å². The number of rotatable bonds is 4. The minimum Gasteiger partial charge on any atom is -0.300 e. The Hall–Kier alpha value is -2.74. The molecule has 7 rings (SSSR count). The number of nitrogens with one attached hydrogen (secondary N) is 1. The van der Waals surface area contributed by atoms with Crippen LogP contribution in [0.4, 0.5) is 5.13 Å². The van der Waals surface area contributed by atoms with Crippen LogP contribution in [0.2, 0.25) is 0 Å². The Morgan fingerprint density at radius 3 is 1.77 bits per heavy atom. The number of carbonyl (C=O) groups is 3. The monoisotopic (exact) mass is 525 g/mol. The van der Waals surface area contributed by atoms with Crippen LogP contribution in [0.15, 0.2) is 60.1 Å². The predicted octanol–water partition coefficient (Wildman–Crippen LogP) is 4.70. The molecule has 2 heterocycles. The Bertz CT molecular complexity index is 1270. The molecule has 3 aromatic rings. The molecule has 3 aliphatic carbocycles. The highest BCUT2D eigenvalue weighted by Crippen LogP contribution is 2.69. The zero-order valence-corrected chi connectivity index (χ0v) is 21.2. The normalized spacial score (nSPS) is 29.1. The summed E-state index contributed by atoms with van der Waals surface area (Å²) in [5.74, 6) is -3.64. The number of likely N-dealkylation sites (tertiary alicyclic amines) is 1. The van der Waals surface area contributed by atoms with Crippen molar-refractivity contribution in [2.75, 3.05) is 5.32 Å². The van der Waals surface area contributed by atoms with Gasteiger partial charge in [0.05, 0.1) is 11.8 Å². The second-order valence-electron chi connectivity index (χ2n) is 9.53. The fourth-order valence-electron chi connectivity index (χ4n) is 6.15. The summed E-state index contributed by atoms with van der Waals surface area (Å²) in [6.45, 7) is 3.61. The summed E-state index contributed by atoms with van der Waals surface area (Å²) in [6, 6.07) is 13.9. The Kier molecular flexibility index (Phi) is 4.95. The Morgan fingerprint density at radius 1 is 0.943 bits per heavy atom. The van der Waals surface area contributed by atoms with Crippen LogP contribution in [-0.2, 0) is 24.1 Å². The SMILES string of the molecule is CC(C)[C@@H](C(=O)Nc1nccs1)N1C(=O)[C@H]2[C@H](C1=O)C1(Cl)c3ccccc3C2(Cl)c2ccccc21. The molecule has 1 aliphatic heterocycles. The number of hydrogen-bond acceptors (Lipinski definition) is 5. The number of benzene rings is 2. The van der Waals surface area contributed by atoms with Crippen LogP contribution in [0.3, 0.4) is 0 Å². The molecule has 6 nitrogen and oxygen atoms in total. The number of halogens is 2. The Labute approximate surface area is 216 Å². The minimum atomic E-state index is -1.27. The van der Waals surface area contributed by atoms with Gasteiger partial charge in [-0.05, 0) is 28.2 Å². The smallest absolute Gasteiger partial charge is 0.249 e. The Balaban J connectivity index is 1.52. The van der Waals surface area contributed by atoms with E-state index < -0.39 is 45.3 Å². The second-order valence-corrected chi connectivity index (χ2v) is 11.6. The molecule has 2 bridgehead atoms. The van der Waals surface area contributed by atoms with Gasteiger partial charge in [0.25, 0.3) is 0 Å². The molecule has 2 aromatic carbocycles. The van der Waals surface area contributed by atoms with Crippen molar-refractivity contribution in [3.05, 3.63) is 82.4 Å². The zero-order valence-electron chi connectivity index (χ0n) is 18.9. The first-order chi connectivity index (χ1) is 16.7. The standard InChI is InChI=1S/C26H21Cl2N3O3S/c1-13(2)20(21(32)30-24-29-11-12-35-24)31-22(33)18-19(23(31)34)26(28)15-8-4-3-7-14(15)25(18,27)16-9-5-6-10-17(16)26/h3-13,18-20H,1-2H3,(H,29,30,32)/t18-,19-,20+,25?,26?/m1/s1. The van der Waals surface area contributed by atoms with Crippen LogP contribution in [0, 0.1) is 17.8 Å². The fourth-order valence-corrected chi connectivity index (χ4v) is 7.78. The lowest BCUT2D eigenvalue weighted by molar-refractivity contribution is -0.148. The van der Waals surface area contributed by atoms with E-state index in [0.717, 1.165) is 27.2 Å². The second kappa shape index (κ2) is 7.63. The summed E-state index contributed by atoms with van der Waals surface area (Å²) >= 11 is 16.2. The van der Waals surface area contributed by atoms with Gasteiger partial charge in [0.15, 0.2) is 5.13 Å².